The summed E-state index contributed by atoms with van der Waals surface area (Å²) >= 11 is 8.03. The van der Waals surface area contributed by atoms with Crippen molar-refractivity contribution in [1.29, 1.82) is 0 Å². The molecule has 1 aromatic heterocycles. The molecule has 0 aromatic carbocycles. The van der Waals surface area contributed by atoms with Crippen LogP contribution in [-0.4, -0.2) is 29.9 Å². The molecule has 3 heteroatoms. The molecule has 0 bridgehead atoms. The van der Waals surface area contributed by atoms with Crippen molar-refractivity contribution < 1.29 is 0 Å². The Morgan fingerprint density at radius 1 is 1.57 bits per heavy atom. The summed E-state index contributed by atoms with van der Waals surface area (Å²) in [6, 6.07) is 4.33. The van der Waals surface area contributed by atoms with Crippen LogP contribution in [0, 0.1) is 5.92 Å². The van der Waals surface area contributed by atoms with Crippen LogP contribution >= 0.6 is 22.9 Å². The van der Waals surface area contributed by atoms with Crippen molar-refractivity contribution in [3.63, 3.8) is 0 Å². The smallest absolute Gasteiger partial charge is 0.0500 e. The van der Waals surface area contributed by atoms with E-state index in [-0.39, 0.29) is 0 Å². The third-order valence-corrected chi connectivity index (χ3v) is 4.36. The molecule has 2 atom stereocenters. The van der Waals surface area contributed by atoms with E-state index in [0.717, 1.165) is 13.1 Å². The molecule has 2 unspecified atom stereocenters. The molecule has 0 radical (unpaired) electrons. The van der Waals surface area contributed by atoms with E-state index in [1.807, 2.05) is 11.3 Å². The van der Waals surface area contributed by atoms with E-state index in [2.05, 4.69) is 29.3 Å². The Bertz CT molecular complexity index is 263. The summed E-state index contributed by atoms with van der Waals surface area (Å²) in [6.07, 6.45) is 1.17. The molecule has 14 heavy (non-hydrogen) atoms. The summed E-state index contributed by atoms with van der Waals surface area (Å²) in [5.74, 6) is 0.653. The number of alkyl halides is 1. The van der Waals surface area contributed by atoms with Gasteiger partial charge in [0.15, 0.2) is 0 Å². The minimum atomic E-state index is 0.360. The lowest BCUT2D eigenvalue weighted by atomic mass is 10.2. The van der Waals surface area contributed by atoms with Gasteiger partial charge in [-0.1, -0.05) is 13.0 Å². The summed E-state index contributed by atoms with van der Waals surface area (Å²) in [4.78, 5) is 3.96. The molecule has 0 N–H and O–H groups in total. The van der Waals surface area contributed by atoms with Crippen molar-refractivity contribution in [2.75, 3.05) is 19.6 Å². The predicted octanol–water partition coefficient (Wildman–Crippen LogP) is 2.85. The van der Waals surface area contributed by atoms with Crippen LogP contribution in [0.2, 0.25) is 0 Å². The topological polar surface area (TPSA) is 3.24 Å². The Balaban J connectivity index is 1.77. The van der Waals surface area contributed by atoms with Gasteiger partial charge in [0.2, 0.25) is 0 Å². The summed E-state index contributed by atoms with van der Waals surface area (Å²) in [6.45, 7) is 5.63. The molecule has 1 aliphatic rings. The molecule has 1 fully saturated rings. The highest BCUT2D eigenvalue weighted by Crippen LogP contribution is 2.21. The lowest BCUT2D eigenvalue weighted by molar-refractivity contribution is 0.333. The highest BCUT2D eigenvalue weighted by Gasteiger charge is 2.27. The first-order valence-electron chi connectivity index (χ1n) is 5.14. The Morgan fingerprint density at radius 3 is 3.00 bits per heavy atom. The first kappa shape index (κ1) is 10.5. The normalized spacial score (nSPS) is 28.4. The summed E-state index contributed by atoms with van der Waals surface area (Å²) in [5, 5.41) is 2.50. The van der Waals surface area contributed by atoms with Crippen molar-refractivity contribution in [2.24, 2.45) is 5.92 Å². The SMILES string of the molecule is CC1CN(CCc2cccs2)CC1Cl. The largest absolute Gasteiger partial charge is 0.301 e. The second-order valence-electron chi connectivity index (χ2n) is 4.08. The highest BCUT2D eigenvalue weighted by molar-refractivity contribution is 7.09. The zero-order valence-electron chi connectivity index (χ0n) is 8.45. The first-order valence-corrected chi connectivity index (χ1v) is 6.46. The van der Waals surface area contributed by atoms with Gasteiger partial charge in [0, 0.05) is 24.5 Å². The van der Waals surface area contributed by atoms with E-state index in [0.29, 0.717) is 11.3 Å². The number of nitrogens with zero attached hydrogens (tertiary/aromatic N) is 1. The minimum Gasteiger partial charge on any atom is -0.301 e. The monoisotopic (exact) mass is 229 g/mol. The van der Waals surface area contributed by atoms with Gasteiger partial charge in [-0.3, -0.25) is 0 Å². The second kappa shape index (κ2) is 4.65. The fraction of sp³-hybridized carbons (Fsp3) is 0.636. The van der Waals surface area contributed by atoms with Gasteiger partial charge in [0.1, 0.15) is 0 Å². The number of hydrogen-bond donors (Lipinski definition) is 0. The van der Waals surface area contributed by atoms with Gasteiger partial charge < -0.3 is 4.90 Å². The number of thiophene rings is 1. The molecule has 2 heterocycles. The van der Waals surface area contributed by atoms with Crippen LogP contribution in [0.3, 0.4) is 0 Å². The van der Waals surface area contributed by atoms with Gasteiger partial charge in [-0.05, 0) is 23.8 Å². The van der Waals surface area contributed by atoms with Crippen LogP contribution in [0.4, 0.5) is 0 Å². The number of likely N-dealkylation sites (tertiary alicyclic amines) is 1. The van der Waals surface area contributed by atoms with Crippen LogP contribution in [0.5, 0.6) is 0 Å². The number of rotatable bonds is 3. The van der Waals surface area contributed by atoms with E-state index in [9.17, 15) is 0 Å². The second-order valence-corrected chi connectivity index (χ2v) is 5.68. The van der Waals surface area contributed by atoms with Crippen LogP contribution < -0.4 is 0 Å². The quantitative estimate of drug-likeness (QED) is 0.721. The van der Waals surface area contributed by atoms with Gasteiger partial charge in [-0.2, -0.15) is 0 Å². The predicted molar refractivity (Wildman–Crippen MR) is 63.3 cm³/mol. The molecule has 1 aromatic rings. The van der Waals surface area contributed by atoms with E-state index >= 15 is 0 Å². The Hall–Kier alpha value is -0.0500. The molecule has 1 saturated heterocycles. The number of halogens is 1. The van der Waals surface area contributed by atoms with Crippen molar-refractivity contribution in [1.82, 2.24) is 4.90 Å². The van der Waals surface area contributed by atoms with Crippen LogP contribution in [0.15, 0.2) is 17.5 Å². The van der Waals surface area contributed by atoms with Gasteiger partial charge in [-0.15, -0.1) is 22.9 Å². The fourth-order valence-corrected chi connectivity index (χ4v) is 2.90. The average Bonchev–Trinajstić information content (AvgIpc) is 2.74. The number of hydrogen-bond acceptors (Lipinski definition) is 2. The van der Waals surface area contributed by atoms with Crippen molar-refractivity contribution in [3.8, 4) is 0 Å². The highest BCUT2D eigenvalue weighted by atomic mass is 35.5. The van der Waals surface area contributed by atoms with E-state index in [1.165, 1.54) is 17.8 Å². The van der Waals surface area contributed by atoms with Gasteiger partial charge in [-0.25, -0.2) is 0 Å². The molecule has 1 aliphatic heterocycles. The maximum atomic E-state index is 6.18. The Morgan fingerprint density at radius 2 is 2.43 bits per heavy atom. The van der Waals surface area contributed by atoms with Gasteiger partial charge in [0.05, 0.1) is 5.38 Å². The third kappa shape index (κ3) is 2.50. The lowest BCUT2D eigenvalue weighted by Crippen LogP contribution is -2.23. The zero-order valence-corrected chi connectivity index (χ0v) is 10.0. The third-order valence-electron chi connectivity index (χ3n) is 2.85. The van der Waals surface area contributed by atoms with Crippen molar-refractivity contribution in [3.05, 3.63) is 22.4 Å². The zero-order chi connectivity index (χ0) is 9.97. The van der Waals surface area contributed by atoms with Gasteiger partial charge >= 0.3 is 0 Å². The Kier molecular flexibility index (Phi) is 3.47. The summed E-state index contributed by atoms with van der Waals surface area (Å²) < 4.78 is 0. The maximum absolute atomic E-state index is 6.18. The van der Waals surface area contributed by atoms with Crippen LogP contribution in [0.1, 0.15) is 11.8 Å². The standard InChI is InChI=1S/C11H16ClNS/c1-9-7-13(8-11(9)12)5-4-10-3-2-6-14-10/h2-3,6,9,11H,4-5,7-8H2,1H3. The summed E-state index contributed by atoms with van der Waals surface area (Å²) in [5.41, 5.74) is 0. The first-order chi connectivity index (χ1) is 6.75. The van der Waals surface area contributed by atoms with Gasteiger partial charge in [0.25, 0.3) is 0 Å². The van der Waals surface area contributed by atoms with E-state index in [1.54, 1.807) is 0 Å². The average molecular weight is 230 g/mol. The minimum absolute atomic E-state index is 0.360. The van der Waals surface area contributed by atoms with Crippen LogP contribution in [-0.2, 0) is 6.42 Å². The summed E-state index contributed by atoms with van der Waals surface area (Å²) in [7, 11) is 0. The molecule has 0 aliphatic carbocycles. The molecule has 0 amide bonds. The molecular weight excluding hydrogens is 214 g/mol. The molecule has 78 valence electrons. The Labute approximate surface area is 94.7 Å². The van der Waals surface area contributed by atoms with Crippen LogP contribution in [0.25, 0.3) is 0 Å². The fourth-order valence-electron chi connectivity index (χ4n) is 1.93. The molecular formula is C11H16ClNS. The van der Waals surface area contributed by atoms with Crippen molar-refractivity contribution >= 4 is 22.9 Å². The molecule has 0 saturated carbocycles. The molecule has 0 spiro atoms. The molecule has 2 rings (SSSR count). The van der Waals surface area contributed by atoms with Crippen molar-refractivity contribution in [2.45, 2.75) is 18.7 Å². The van der Waals surface area contributed by atoms with E-state index < -0.39 is 0 Å². The maximum Gasteiger partial charge on any atom is 0.0500 e. The lowest BCUT2D eigenvalue weighted by Gasteiger charge is -2.13. The molecule has 1 nitrogen and oxygen atoms in total. The van der Waals surface area contributed by atoms with E-state index in [4.69, 9.17) is 11.6 Å².